The van der Waals surface area contributed by atoms with E-state index >= 15 is 0 Å². The number of rotatable bonds is 11. The number of allylic oxidation sites excluding steroid dienone is 2. The van der Waals surface area contributed by atoms with Gasteiger partial charge in [0.25, 0.3) is 0 Å². The van der Waals surface area contributed by atoms with E-state index in [4.69, 9.17) is 37.9 Å². The molecule has 0 aromatic heterocycles. The number of hydrogen-bond donors (Lipinski definition) is 11. The third-order valence-corrected chi connectivity index (χ3v) is 11.9. The Hall–Kier alpha value is -8.01. The first-order valence-corrected chi connectivity index (χ1v) is 21.1. The van der Waals surface area contributed by atoms with Crippen LogP contribution < -0.4 is 14.2 Å². The molecular weight excluding hydrogens is 909 g/mol. The van der Waals surface area contributed by atoms with Gasteiger partial charge in [0.15, 0.2) is 40.6 Å². The van der Waals surface area contributed by atoms with Crippen molar-refractivity contribution >= 4 is 23.6 Å². The smallest absolute Gasteiger partial charge is 0.330 e. The van der Waals surface area contributed by atoms with E-state index in [1.165, 1.54) is 81.0 Å². The maximum Gasteiger partial charge on any atom is 0.330 e. The summed E-state index contributed by atoms with van der Waals surface area (Å²) in [5.74, 6) is -4.47. The highest BCUT2D eigenvalue weighted by molar-refractivity contribution is 5.87. The van der Waals surface area contributed by atoms with Crippen molar-refractivity contribution in [2.24, 2.45) is 0 Å². The van der Waals surface area contributed by atoms with Crippen LogP contribution in [0.1, 0.15) is 33.9 Å². The molecule has 69 heavy (non-hydrogen) atoms. The summed E-state index contributed by atoms with van der Waals surface area (Å²) in [6.07, 6.45) is -6.67. The molecule has 0 saturated carbocycles. The highest BCUT2D eigenvalue weighted by Crippen LogP contribution is 2.54. The summed E-state index contributed by atoms with van der Waals surface area (Å²) in [6, 6.07) is 13.5. The van der Waals surface area contributed by atoms with Crippen molar-refractivity contribution in [3.8, 4) is 51.7 Å². The largest absolute Gasteiger partial charge is 0.508 e. The van der Waals surface area contributed by atoms with Gasteiger partial charge in [-0.05, 0) is 59.7 Å². The third kappa shape index (κ3) is 8.62. The monoisotopic (exact) mass is 952 g/mol. The van der Waals surface area contributed by atoms with Crippen molar-refractivity contribution in [1.82, 2.24) is 0 Å². The number of carbonyl (C=O) groups is 1. The molecule has 1 fully saturated rings. The van der Waals surface area contributed by atoms with Crippen LogP contribution >= 0.6 is 0 Å². The highest BCUT2D eigenvalue weighted by Gasteiger charge is 2.48. The summed E-state index contributed by atoms with van der Waals surface area (Å²) < 4.78 is 47.9. The van der Waals surface area contributed by atoms with E-state index in [0.717, 1.165) is 12.1 Å². The zero-order valence-electron chi connectivity index (χ0n) is 36.3. The lowest BCUT2D eigenvalue weighted by Crippen LogP contribution is -2.59. The Morgan fingerprint density at radius 2 is 1.49 bits per heavy atom. The number of phenolic OH excluding ortho intramolecular Hbond substituents is 6. The summed E-state index contributed by atoms with van der Waals surface area (Å²) in [5, 5.41) is 119. The predicted molar refractivity (Wildman–Crippen MR) is 236 cm³/mol. The minimum atomic E-state index is -1.99. The number of aliphatic hydroxyl groups is 5. The van der Waals surface area contributed by atoms with Crippen molar-refractivity contribution < 1.29 is 98.9 Å². The number of ether oxygens (including phenoxy) is 8. The van der Waals surface area contributed by atoms with E-state index < -0.39 is 84.6 Å². The molecule has 4 aliphatic heterocycles. The molecular formula is C49H44O20. The molecule has 8 atom stereocenters. The summed E-state index contributed by atoms with van der Waals surface area (Å²) in [5.41, 5.74) is 1.08. The van der Waals surface area contributed by atoms with Gasteiger partial charge in [-0.2, -0.15) is 0 Å². The number of aromatic hydroxyl groups is 6. The van der Waals surface area contributed by atoms with Crippen LogP contribution in [-0.4, -0.2) is 126 Å². The Morgan fingerprint density at radius 1 is 0.768 bits per heavy atom. The Morgan fingerprint density at radius 3 is 2.19 bits per heavy atom. The second kappa shape index (κ2) is 18.2. The molecule has 0 radical (unpaired) electrons. The van der Waals surface area contributed by atoms with Crippen LogP contribution in [0.3, 0.4) is 0 Å². The van der Waals surface area contributed by atoms with Gasteiger partial charge in [-0.25, -0.2) is 4.79 Å². The Bertz CT molecular complexity index is 2890. The fraction of sp³-hybridized carbons (Fsp3) is 0.245. The zero-order chi connectivity index (χ0) is 49.0. The van der Waals surface area contributed by atoms with Gasteiger partial charge in [0.2, 0.25) is 12.0 Å². The molecule has 20 heteroatoms. The molecule has 11 N–H and O–H groups in total. The van der Waals surface area contributed by atoms with Crippen LogP contribution in [0.2, 0.25) is 0 Å². The number of hydrogen-bond acceptors (Lipinski definition) is 20. The summed E-state index contributed by atoms with van der Waals surface area (Å²) >= 11 is 0. The molecule has 4 heterocycles. The number of benzene rings is 4. The predicted octanol–water partition coefficient (Wildman–Crippen LogP) is 3.83. The second-order valence-corrected chi connectivity index (χ2v) is 16.3. The van der Waals surface area contributed by atoms with E-state index in [-0.39, 0.29) is 97.4 Å². The normalized spacial score (nSPS) is 24.9. The first-order chi connectivity index (χ1) is 33.0. The standard InChI is InChI=1S/C49H44O20/c1-62-35-12-22(13-36(63-2)41(35)58)46-48(69-49-44(61)43(60)42(59)37(67-49)19-64-38(57)10-5-20-3-7-23(50)8-4-20)26-17-34(65-32-14-24(51)15-33(66-46)39(26)32)40-30(55)18-28(53)25-16-31(56)45(68-47(25)40)21-6-9-27(52)29(54)11-21/h3-15,17-18,31-32,37,42-45,49-56,58-61H,16,19H2,1-2H3/t31-,32?,37-,42-,43+,44-,45-,49+/m1/s1. The molecule has 5 aliphatic rings. The van der Waals surface area contributed by atoms with Crippen LogP contribution in [0, 0.1) is 0 Å². The fourth-order valence-electron chi connectivity index (χ4n) is 8.41. The number of aliphatic hydroxyl groups excluding tert-OH is 5. The van der Waals surface area contributed by atoms with Gasteiger partial charge in [0.1, 0.15) is 83.0 Å². The van der Waals surface area contributed by atoms with Crippen LogP contribution in [0.25, 0.3) is 17.6 Å². The second-order valence-electron chi connectivity index (χ2n) is 16.3. The minimum absolute atomic E-state index is 0.00732. The Balaban J connectivity index is 1.15. The molecule has 1 saturated heterocycles. The SMILES string of the molecule is COc1cc(C2=C(O[C@@H]3O[C@H](COC(=O)C=Cc4ccc(O)cc4)[C@@H](O)[C@H](O)[C@H]3O)C3=C4C(=CC(O)=CC4OC(c4c(O)cc(O)c5c4O[C@H](c4ccc(O)c(O)c4)[C@H](O)C5)=C3)O2)cc(OC)c1O. The van der Waals surface area contributed by atoms with Crippen molar-refractivity contribution in [2.75, 3.05) is 20.8 Å². The lowest BCUT2D eigenvalue weighted by molar-refractivity contribution is -0.291. The van der Waals surface area contributed by atoms with Gasteiger partial charge in [-0.1, -0.05) is 18.2 Å². The van der Waals surface area contributed by atoms with Crippen LogP contribution in [0.4, 0.5) is 0 Å². The number of carbonyl (C=O) groups excluding carboxylic acids is 1. The van der Waals surface area contributed by atoms with Crippen LogP contribution in [0.15, 0.2) is 113 Å². The summed E-state index contributed by atoms with van der Waals surface area (Å²) in [7, 11) is 2.57. The Labute approximate surface area is 390 Å². The average molecular weight is 953 g/mol. The molecule has 4 aromatic rings. The van der Waals surface area contributed by atoms with Crippen molar-refractivity contribution in [3.63, 3.8) is 0 Å². The van der Waals surface area contributed by atoms with E-state index in [9.17, 15) is 61.0 Å². The Kier molecular flexibility index (Phi) is 12.2. The first-order valence-electron chi connectivity index (χ1n) is 21.1. The molecule has 20 nitrogen and oxygen atoms in total. The lowest BCUT2D eigenvalue weighted by Gasteiger charge is -2.42. The molecule has 360 valence electrons. The molecule has 9 rings (SSSR count). The molecule has 0 bridgehead atoms. The van der Waals surface area contributed by atoms with Crippen LogP contribution in [0.5, 0.6) is 51.7 Å². The topological polar surface area (TPSA) is 313 Å². The van der Waals surface area contributed by atoms with Crippen LogP contribution in [-0.2, 0) is 34.9 Å². The van der Waals surface area contributed by atoms with Crippen molar-refractivity contribution in [1.29, 1.82) is 0 Å². The van der Waals surface area contributed by atoms with Gasteiger partial charge < -0.3 is 94.1 Å². The third-order valence-electron chi connectivity index (χ3n) is 11.9. The number of esters is 1. The molecule has 4 aromatic carbocycles. The molecule has 1 aliphatic carbocycles. The maximum atomic E-state index is 12.8. The number of methoxy groups -OCH3 is 2. The van der Waals surface area contributed by atoms with Crippen molar-refractivity contribution in [3.05, 3.63) is 141 Å². The van der Waals surface area contributed by atoms with E-state index in [1.54, 1.807) is 12.1 Å². The van der Waals surface area contributed by atoms with Gasteiger partial charge >= 0.3 is 5.97 Å². The average Bonchev–Trinajstić information content (AvgIpc) is 3.32. The maximum absolute atomic E-state index is 12.8. The highest BCUT2D eigenvalue weighted by atomic mass is 16.7. The minimum Gasteiger partial charge on any atom is -0.508 e. The molecule has 0 spiro atoms. The van der Waals surface area contributed by atoms with Gasteiger partial charge in [-0.15, -0.1) is 0 Å². The number of fused-ring (bicyclic) bond motifs is 1. The van der Waals surface area contributed by atoms with E-state index in [2.05, 4.69) is 0 Å². The molecule has 0 amide bonds. The fourth-order valence-corrected chi connectivity index (χ4v) is 8.41. The van der Waals surface area contributed by atoms with Crippen molar-refractivity contribution in [2.45, 2.75) is 55.4 Å². The first kappa shape index (κ1) is 46.1. The quantitative estimate of drug-likeness (QED) is 0.0578. The molecule has 1 unspecified atom stereocenters. The van der Waals surface area contributed by atoms with Gasteiger partial charge in [-0.3, -0.25) is 0 Å². The summed E-state index contributed by atoms with van der Waals surface area (Å²) in [4.78, 5) is 12.8. The lowest BCUT2D eigenvalue weighted by atomic mass is 9.87. The van der Waals surface area contributed by atoms with Gasteiger partial charge in [0, 0.05) is 47.4 Å². The van der Waals surface area contributed by atoms with E-state index in [1.807, 2.05) is 0 Å². The van der Waals surface area contributed by atoms with Gasteiger partial charge in [0.05, 0.1) is 25.9 Å². The summed E-state index contributed by atoms with van der Waals surface area (Å²) in [6.45, 7) is -0.645. The number of phenols is 6. The zero-order valence-corrected chi connectivity index (χ0v) is 36.3. The van der Waals surface area contributed by atoms with E-state index in [0.29, 0.717) is 5.56 Å².